The minimum Gasteiger partial charge on any atom is -0.512 e. The highest BCUT2D eigenvalue weighted by molar-refractivity contribution is 5.89. The van der Waals surface area contributed by atoms with Gasteiger partial charge in [-0.1, -0.05) is 0 Å². The van der Waals surface area contributed by atoms with Gasteiger partial charge >= 0.3 is 5.97 Å². The zero-order valence-electron chi connectivity index (χ0n) is 10.3. The number of nitrogens with zero attached hydrogens (tertiary/aromatic N) is 1. The average Bonchev–Trinajstić information content (AvgIpc) is 3.07. The molecule has 1 saturated carbocycles. The van der Waals surface area contributed by atoms with Crippen molar-refractivity contribution in [1.29, 1.82) is 0 Å². The van der Waals surface area contributed by atoms with E-state index in [1.165, 1.54) is 11.8 Å². The highest BCUT2D eigenvalue weighted by Crippen LogP contribution is 2.29. The summed E-state index contributed by atoms with van der Waals surface area (Å²) in [4.78, 5) is 23.9. The molecule has 0 saturated heterocycles. The van der Waals surface area contributed by atoms with Gasteiger partial charge in [0.1, 0.15) is 5.76 Å². The molecule has 0 atom stereocenters. The maximum Gasteiger partial charge on any atom is 0.339 e. The largest absolute Gasteiger partial charge is 0.512 e. The van der Waals surface area contributed by atoms with Gasteiger partial charge < -0.3 is 14.7 Å². The van der Waals surface area contributed by atoms with Crippen LogP contribution >= 0.6 is 0 Å². The highest BCUT2D eigenvalue weighted by atomic mass is 16.5. The van der Waals surface area contributed by atoms with Crippen LogP contribution in [0.25, 0.3) is 0 Å². The fourth-order valence-electron chi connectivity index (χ4n) is 1.52. The first-order valence-electron chi connectivity index (χ1n) is 5.83. The van der Waals surface area contributed by atoms with Gasteiger partial charge in [-0.3, -0.25) is 4.79 Å². The molecule has 1 rings (SSSR count). The maximum absolute atomic E-state index is 11.6. The van der Waals surface area contributed by atoms with Crippen LogP contribution in [-0.2, 0) is 14.3 Å². The number of allylic oxidation sites excluding steroid dienone is 1. The standard InChI is InChI=1S/C12H19NO4/c1-3-17-12(16)11(9(2)15)7-13(8-14)6-10-4-5-10/h8,10,15H,3-7H2,1-2H3/b11-9-. The molecule has 0 spiro atoms. The second-order valence-corrected chi connectivity index (χ2v) is 4.26. The molecule has 0 aromatic carbocycles. The van der Waals surface area contributed by atoms with E-state index in [1.807, 2.05) is 0 Å². The van der Waals surface area contributed by atoms with Crippen LogP contribution in [0.3, 0.4) is 0 Å². The Hall–Kier alpha value is -1.52. The minimum atomic E-state index is -0.560. The Kier molecular flexibility index (Phi) is 5.00. The molecule has 1 N–H and O–H groups in total. The number of aliphatic hydroxyl groups is 1. The molecule has 0 radical (unpaired) electrons. The lowest BCUT2D eigenvalue weighted by molar-refractivity contribution is -0.139. The smallest absolute Gasteiger partial charge is 0.339 e. The molecule has 0 aromatic heterocycles. The van der Waals surface area contributed by atoms with Gasteiger partial charge in [0.15, 0.2) is 0 Å². The summed E-state index contributed by atoms with van der Waals surface area (Å²) < 4.78 is 4.83. The molecule has 0 heterocycles. The van der Waals surface area contributed by atoms with Crippen molar-refractivity contribution in [3.05, 3.63) is 11.3 Å². The van der Waals surface area contributed by atoms with Crippen molar-refractivity contribution in [3.8, 4) is 0 Å². The topological polar surface area (TPSA) is 66.8 Å². The van der Waals surface area contributed by atoms with E-state index in [2.05, 4.69) is 0 Å². The second-order valence-electron chi connectivity index (χ2n) is 4.26. The number of rotatable bonds is 7. The monoisotopic (exact) mass is 241 g/mol. The Labute approximate surface area is 101 Å². The van der Waals surface area contributed by atoms with E-state index in [4.69, 9.17) is 4.74 Å². The molecule has 0 aliphatic heterocycles. The first kappa shape index (κ1) is 13.5. The SMILES string of the molecule is CCOC(=O)/C(CN(C=O)CC1CC1)=C(/C)O. The van der Waals surface area contributed by atoms with Crippen molar-refractivity contribution < 1.29 is 19.4 Å². The molecular weight excluding hydrogens is 222 g/mol. The van der Waals surface area contributed by atoms with Crippen LogP contribution in [0.4, 0.5) is 0 Å². The van der Waals surface area contributed by atoms with Gasteiger partial charge in [-0.25, -0.2) is 4.79 Å². The number of hydrogen-bond acceptors (Lipinski definition) is 4. The van der Waals surface area contributed by atoms with Gasteiger partial charge in [0.05, 0.1) is 18.7 Å². The number of carbonyl (C=O) groups is 2. The Morgan fingerprint density at radius 2 is 2.18 bits per heavy atom. The Morgan fingerprint density at radius 3 is 2.59 bits per heavy atom. The Morgan fingerprint density at radius 1 is 1.53 bits per heavy atom. The molecule has 0 unspecified atom stereocenters. The summed E-state index contributed by atoms with van der Waals surface area (Å²) >= 11 is 0. The van der Waals surface area contributed by atoms with Gasteiger partial charge in [0.2, 0.25) is 6.41 Å². The van der Waals surface area contributed by atoms with Crippen molar-refractivity contribution in [1.82, 2.24) is 4.90 Å². The molecule has 1 amide bonds. The van der Waals surface area contributed by atoms with Crippen molar-refractivity contribution in [2.75, 3.05) is 19.7 Å². The molecule has 5 nitrogen and oxygen atoms in total. The predicted octanol–water partition coefficient (Wildman–Crippen LogP) is 1.25. The molecular formula is C12H19NO4. The summed E-state index contributed by atoms with van der Waals surface area (Å²) in [5.41, 5.74) is 0.152. The second kappa shape index (κ2) is 6.27. The Bertz CT molecular complexity index is 316. The quantitative estimate of drug-likeness (QED) is 0.315. The van der Waals surface area contributed by atoms with Gasteiger partial charge in [0, 0.05) is 6.54 Å². The van der Waals surface area contributed by atoms with E-state index < -0.39 is 5.97 Å². The first-order valence-corrected chi connectivity index (χ1v) is 5.83. The van der Waals surface area contributed by atoms with E-state index in [0.29, 0.717) is 18.9 Å². The molecule has 0 aromatic rings. The fourth-order valence-corrected chi connectivity index (χ4v) is 1.52. The van der Waals surface area contributed by atoms with Crippen LogP contribution in [0.15, 0.2) is 11.3 Å². The van der Waals surface area contributed by atoms with Gasteiger partial charge in [-0.2, -0.15) is 0 Å². The lowest BCUT2D eigenvalue weighted by Crippen LogP contribution is -2.30. The van der Waals surface area contributed by atoms with E-state index in [-0.39, 0.29) is 24.5 Å². The van der Waals surface area contributed by atoms with Crippen LogP contribution in [0.2, 0.25) is 0 Å². The molecule has 1 aliphatic carbocycles. The number of carbonyl (C=O) groups excluding carboxylic acids is 2. The van der Waals surface area contributed by atoms with Crippen molar-refractivity contribution in [2.45, 2.75) is 26.7 Å². The first-order chi connectivity index (χ1) is 8.08. The summed E-state index contributed by atoms with van der Waals surface area (Å²) in [6, 6.07) is 0. The Balaban J connectivity index is 2.61. The van der Waals surface area contributed by atoms with Gasteiger partial charge in [0.25, 0.3) is 0 Å². The number of hydrogen-bond donors (Lipinski definition) is 1. The molecule has 17 heavy (non-hydrogen) atoms. The van der Waals surface area contributed by atoms with Crippen LogP contribution in [0, 0.1) is 5.92 Å². The fraction of sp³-hybridized carbons (Fsp3) is 0.667. The summed E-state index contributed by atoms with van der Waals surface area (Å²) in [5, 5.41) is 9.44. The van der Waals surface area contributed by atoms with Crippen molar-refractivity contribution in [2.24, 2.45) is 5.92 Å². The van der Waals surface area contributed by atoms with E-state index in [9.17, 15) is 14.7 Å². The average molecular weight is 241 g/mol. The van der Waals surface area contributed by atoms with Crippen LogP contribution < -0.4 is 0 Å². The normalized spacial score (nSPS) is 16.1. The highest BCUT2D eigenvalue weighted by Gasteiger charge is 2.25. The third-order valence-corrected chi connectivity index (χ3v) is 2.66. The van der Waals surface area contributed by atoms with Crippen LogP contribution in [0.1, 0.15) is 26.7 Å². The third-order valence-electron chi connectivity index (χ3n) is 2.66. The van der Waals surface area contributed by atoms with Crippen LogP contribution in [-0.4, -0.2) is 42.1 Å². The number of ether oxygens (including phenoxy) is 1. The van der Waals surface area contributed by atoms with E-state index in [1.54, 1.807) is 6.92 Å². The maximum atomic E-state index is 11.6. The lowest BCUT2D eigenvalue weighted by Gasteiger charge is -2.18. The molecule has 0 bridgehead atoms. The van der Waals surface area contributed by atoms with Crippen LogP contribution in [0.5, 0.6) is 0 Å². The summed E-state index contributed by atoms with van der Waals surface area (Å²) in [5.74, 6) is -0.108. The van der Waals surface area contributed by atoms with Gasteiger partial charge in [-0.15, -0.1) is 0 Å². The van der Waals surface area contributed by atoms with E-state index >= 15 is 0 Å². The molecule has 1 fully saturated rings. The summed E-state index contributed by atoms with van der Waals surface area (Å²) in [6.07, 6.45) is 2.96. The number of amides is 1. The zero-order chi connectivity index (χ0) is 12.8. The molecule has 5 heteroatoms. The number of aliphatic hydroxyl groups excluding tert-OH is 1. The molecule has 96 valence electrons. The zero-order valence-corrected chi connectivity index (χ0v) is 10.3. The minimum absolute atomic E-state index is 0.0916. The summed E-state index contributed by atoms with van der Waals surface area (Å²) in [6.45, 7) is 4.12. The third kappa shape index (κ3) is 4.46. The summed E-state index contributed by atoms with van der Waals surface area (Å²) in [7, 11) is 0. The van der Waals surface area contributed by atoms with E-state index in [0.717, 1.165) is 12.8 Å². The van der Waals surface area contributed by atoms with Gasteiger partial charge in [-0.05, 0) is 32.6 Å². The lowest BCUT2D eigenvalue weighted by atomic mass is 10.2. The van der Waals surface area contributed by atoms with Crippen molar-refractivity contribution >= 4 is 12.4 Å². The number of esters is 1. The van der Waals surface area contributed by atoms with Crippen molar-refractivity contribution in [3.63, 3.8) is 0 Å². The predicted molar refractivity (Wildman–Crippen MR) is 62.3 cm³/mol. The molecule has 1 aliphatic rings.